The van der Waals surface area contributed by atoms with Crippen molar-refractivity contribution in [2.24, 2.45) is 0 Å². The highest BCUT2D eigenvalue weighted by Crippen LogP contribution is 2.40. The van der Waals surface area contributed by atoms with Gasteiger partial charge in [0.15, 0.2) is 17.5 Å². The third kappa shape index (κ3) is 3.47. The van der Waals surface area contributed by atoms with E-state index in [1.165, 1.54) is 0 Å². The summed E-state index contributed by atoms with van der Waals surface area (Å²) in [4.78, 5) is 15.2. The van der Waals surface area contributed by atoms with Gasteiger partial charge in [0.25, 0.3) is 0 Å². The van der Waals surface area contributed by atoms with Crippen LogP contribution in [0.5, 0.6) is 0 Å². The molecular weight excluding hydrogens is 518 g/mol. The predicted molar refractivity (Wildman–Crippen MR) is 168 cm³/mol. The average molecular weight is 540 g/mol. The van der Waals surface area contributed by atoms with Gasteiger partial charge in [-0.3, -0.25) is 0 Å². The van der Waals surface area contributed by atoms with E-state index in [0.717, 1.165) is 71.3 Å². The second kappa shape index (κ2) is 8.85. The zero-order valence-electron chi connectivity index (χ0n) is 22.3. The molecule has 9 rings (SSSR count). The van der Waals surface area contributed by atoms with Gasteiger partial charge in [-0.25, -0.2) is 15.0 Å². The summed E-state index contributed by atoms with van der Waals surface area (Å²) in [6.45, 7) is 0. The molecule has 0 radical (unpaired) electrons. The molecule has 0 saturated heterocycles. The van der Waals surface area contributed by atoms with E-state index in [0.29, 0.717) is 17.5 Å². The molecule has 9 aromatic rings. The summed E-state index contributed by atoms with van der Waals surface area (Å²) in [6.07, 6.45) is 0. The van der Waals surface area contributed by atoms with E-state index in [-0.39, 0.29) is 0 Å². The quantitative estimate of drug-likeness (QED) is 0.224. The number of nitrogens with zero attached hydrogens (tertiary/aromatic N) is 3. The first-order chi connectivity index (χ1) is 20.8. The van der Waals surface area contributed by atoms with E-state index < -0.39 is 0 Å². The molecule has 0 aliphatic heterocycles. The van der Waals surface area contributed by atoms with Crippen LogP contribution >= 0.6 is 0 Å². The van der Waals surface area contributed by atoms with E-state index in [2.05, 4.69) is 48.5 Å². The third-order valence-corrected chi connectivity index (χ3v) is 7.92. The van der Waals surface area contributed by atoms with Gasteiger partial charge in [0, 0.05) is 38.2 Å². The maximum atomic E-state index is 6.36. The number of furan rings is 2. The summed E-state index contributed by atoms with van der Waals surface area (Å²) in [5.74, 6) is 1.78. The highest BCUT2D eigenvalue weighted by atomic mass is 16.3. The molecule has 3 heterocycles. The average Bonchev–Trinajstić information content (AvgIpc) is 3.61. The molecule has 5 nitrogen and oxygen atoms in total. The second-order valence-corrected chi connectivity index (χ2v) is 10.4. The summed E-state index contributed by atoms with van der Waals surface area (Å²) in [7, 11) is 0. The minimum atomic E-state index is 0.588. The van der Waals surface area contributed by atoms with Crippen LogP contribution in [0.1, 0.15) is 0 Å². The van der Waals surface area contributed by atoms with Gasteiger partial charge in [-0.15, -0.1) is 0 Å². The van der Waals surface area contributed by atoms with Gasteiger partial charge in [-0.2, -0.15) is 0 Å². The highest BCUT2D eigenvalue weighted by Gasteiger charge is 2.20. The zero-order valence-corrected chi connectivity index (χ0v) is 22.3. The lowest BCUT2D eigenvalue weighted by atomic mass is 10.0. The van der Waals surface area contributed by atoms with Crippen molar-refractivity contribution in [2.75, 3.05) is 0 Å². The molecule has 6 aromatic carbocycles. The Morgan fingerprint density at radius 3 is 1.67 bits per heavy atom. The predicted octanol–water partition coefficient (Wildman–Crippen LogP) is 9.82. The fourth-order valence-electron chi connectivity index (χ4n) is 5.99. The van der Waals surface area contributed by atoms with Crippen molar-refractivity contribution >= 4 is 54.6 Å². The van der Waals surface area contributed by atoms with Crippen molar-refractivity contribution < 1.29 is 8.83 Å². The van der Waals surface area contributed by atoms with Crippen LogP contribution in [-0.4, -0.2) is 15.0 Å². The summed E-state index contributed by atoms with van der Waals surface area (Å²) in [6, 6.07) is 42.8. The molecular formula is C37H21N3O2. The normalized spacial score (nSPS) is 11.8. The molecule has 0 N–H and O–H groups in total. The lowest BCUT2D eigenvalue weighted by molar-refractivity contribution is 0.669. The minimum Gasteiger partial charge on any atom is -0.456 e. The van der Waals surface area contributed by atoms with Crippen LogP contribution in [0.4, 0.5) is 0 Å². The van der Waals surface area contributed by atoms with Crippen LogP contribution < -0.4 is 0 Å². The monoisotopic (exact) mass is 539 g/mol. The van der Waals surface area contributed by atoms with Gasteiger partial charge in [0.1, 0.15) is 22.3 Å². The van der Waals surface area contributed by atoms with Crippen LogP contribution in [0.3, 0.4) is 0 Å². The Kier molecular flexibility index (Phi) is 4.83. The molecule has 0 amide bonds. The molecule has 0 unspecified atom stereocenters. The van der Waals surface area contributed by atoms with E-state index in [1.54, 1.807) is 0 Å². The van der Waals surface area contributed by atoms with Crippen LogP contribution in [0.15, 0.2) is 136 Å². The molecule has 0 aliphatic carbocycles. The summed E-state index contributed by atoms with van der Waals surface area (Å²) < 4.78 is 12.6. The zero-order chi connectivity index (χ0) is 27.6. The maximum Gasteiger partial charge on any atom is 0.164 e. The molecule has 42 heavy (non-hydrogen) atoms. The summed E-state index contributed by atoms with van der Waals surface area (Å²) in [5.41, 5.74) is 5.97. The smallest absolute Gasteiger partial charge is 0.164 e. The number of hydrogen-bond acceptors (Lipinski definition) is 5. The van der Waals surface area contributed by atoms with Gasteiger partial charge in [0.05, 0.1) is 0 Å². The first-order valence-corrected chi connectivity index (χ1v) is 13.9. The van der Waals surface area contributed by atoms with Gasteiger partial charge >= 0.3 is 0 Å². The Morgan fingerprint density at radius 1 is 0.381 bits per heavy atom. The van der Waals surface area contributed by atoms with Gasteiger partial charge < -0.3 is 8.83 Å². The molecule has 0 spiro atoms. The van der Waals surface area contributed by atoms with Crippen molar-refractivity contribution in [1.29, 1.82) is 0 Å². The number of fused-ring (bicyclic) bond motifs is 7. The van der Waals surface area contributed by atoms with Crippen LogP contribution in [-0.2, 0) is 0 Å². The Labute approximate surface area is 239 Å². The largest absolute Gasteiger partial charge is 0.456 e. The number of para-hydroxylation sites is 1. The van der Waals surface area contributed by atoms with E-state index in [1.807, 2.05) is 78.9 Å². The molecule has 196 valence electrons. The highest BCUT2D eigenvalue weighted by molar-refractivity contribution is 6.15. The minimum absolute atomic E-state index is 0.588. The van der Waals surface area contributed by atoms with Gasteiger partial charge in [-0.1, -0.05) is 97.1 Å². The number of benzene rings is 6. The molecule has 0 fully saturated rings. The SMILES string of the molecule is c1ccc(-c2nc(-c3cccc4oc5ccccc5c34)nc(-c3cccc4oc5cc6ccccc6cc5c34)n2)cc1. The second-order valence-electron chi connectivity index (χ2n) is 10.4. The Morgan fingerprint density at radius 2 is 0.929 bits per heavy atom. The van der Waals surface area contributed by atoms with Gasteiger partial charge in [0.2, 0.25) is 0 Å². The number of hydrogen-bond donors (Lipinski definition) is 0. The molecule has 0 saturated carbocycles. The molecule has 0 aliphatic rings. The first-order valence-electron chi connectivity index (χ1n) is 13.9. The van der Waals surface area contributed by atoms with Crippen molar-refractivity contribution in [2.45, 2.75) is 0 Å². The lowest BCUT2D eigenvalue weighted by Crippen LogP contribution is -2.00. The fraction of sp³-hybridized carbons (Fsp3) is 0. The van der Waals surface area contributed by atoms with Crippen molar-refractivity contribution in [3.63, 3.8) is 0 Å². The molecule has 0 atom stereocenters. The molecule has 3 aromatic heterocycles. The van der Waals surface area contributed by atoms with E-state index in [4.69, 9.17) is 23.8 Å². The Bertz CT molecular complexity index is 2470. The lowest BCUT2D eigenvalue weighted by Gasteiger charge is -2.10. The molecule has 5 heteroatoms. The topological polar surface area (TPSA) is 65.0 Å². The summed E-state index contributed by atoms with van der Waals surface area (Å²) >= 11 is 0. The maximum absolute atomic E-state index is 6.36. The summed E-state index contributed by atoms with van der Waals surface area (Å²) in [5, 5.41) is 6.33. The molecule has 0 bridgehead atoms. The number of aromatic nitrogens is 3. The third-order valence-electron chi connectivity index (χ3n) is 7.92. The van der Waals surface area contributed by atoms with Gasteiger partial charge in [-0.05, 0) is 41.1 Å². The Hall–Kier alpha value is -5.81. The number of rotatable bonds is 3. The van der Waals surface area contributed by atoms with Crippen LogP contribution in [0.25, 0.3) is 88.8 Å². The van der Waals surface area contributed by atoms with Crippen LogP contribution in [0.2, 0.25) is 0 Å². The van der Waals surface area contributed by atoms with Crippen molar-refractivity contribution in [1.82, 2.24) is 15.0 Å². The van der Waals surface area contributed by atoms with E-state index >= 15 is 0 Å². The van der Waals surface area contributed by atoms with Crippen molar-refractivity contribution in [3.05, 3.63) is 127 Å². The van der Waals surface area contributed by atoms with Crippen LogP contribution in [0, 0.1) is 0 Å². The standard InChI is InChI=1S/C37H21N3O2/c1-2-10-22(11-3-1)35-38-36(26-15-8-18-30-33(26)25-14-6-7-17-29(25)41-30)40-37(39-35)27-16-9-19-31-34(27)28-20-23-12-4-5-13-24(23)21-32(28)42-31/h1-21H. The fourth-order valence-corrected chi connectivity index (χ4v) is 5.99. The van der Waals surface area contributed by atoms with Crippen molar-refractivity contribution in [3.8, 4) is 34.2 Å². The Balaban J connectivity index is 1.36. The first kappa shape index (κ1) is 22.9. The van der Waals surface area contributed by atoms with E-state index in [9.17, 15) is 0 Å².